The second kappa shape index (κ2) is 7.71. The van der Waals surface area contributed by atoms with E-state index in [2.05, 4.69) is 5.32 Å². The summed E-state index contributed by atoms with van der Waals surface area (Å²) < 4.78 is 5.08. The van der Waals surface area contributed by atoms with Crippen molar-refractivity contribution in [3.63, 3.8) is 0 Å². The molecule has 1 fully saturated rings. The molecule has 1 atom stereocenters. The van der Waals surface area contributed by atoms with Crippen molar-refractivity contribution in [3.05, 3.63) is 0 Å². The van der Waals surface area contributed by atoms with Gasteiger partial charge in [0.2, 0.25) is 5.91 Å². The molecule has 1 amide bonds. The number of carbonyl (C=O) groups is 1. The van der Waals surface area contributed by atoms with Crippen LogP contribution < -0.4 is 11.1 Å². The summed E-state index contributed by atoms with van der Waals surface area (Å²) in [6, 6.07) is 0. The predicted octanol–water partition coefficient (Wildman–Crippen LogP) is 0.409. The summed E-state index contributed by atoms with van der Waals surface area (Å²) in [6.07, 6.45) is 5.56. The first-order valence-corrected chi connectivity index (χ1v) is 6.76. The second-order valence-electron chi connectivity index (χ2n) is 5.29. The average Bonchev–Trinajstić information content (AvgIpc) is 2.43. The Hall–Kier alpha value is -0.650. The third kappa shape index (κ3) is 4.55. The molecule has 0 aromatic carbocycles. The van der Waals surface area contributed by atoms with E-state index >= 15 is 0 Å². The van der Waals surface area contributed by atoms with Gasteiger partial charge in [-0.05, 0) is 12.8 Å². The molecule has 0 bridgehead atoms. The molecule has 1 saturated carbocycles. The zero-order chi connectivity index (χ0) is 13.4. The number of ether oxygens (including phenoxy) is 1. The van der Waals surface area contributed by atoms with Gasteiger partial charge in [0.25, 0.3) is 0 Å². The first-order valence-electron chi connectivity index (χ1n) is 6.76. The van der Waals surface area contributed by atoms with Gasteiger partial charge in [0.15, 0.2) is 0 Å². The largest absolute Gasteiger partial charge is 0.396 e. The van der Waals surface area contributed by atoms with Gasteiger partial charge in [-0.3, -0.25) is 4.79 Å². The Morgan fingerprint density at radius 1 is 1.44 bits per heavy atom. The SMILES string of the molecule is COC(CN)CC(=O)NCC1(CO)CCCCC1. The number of carbonyl (C=O) groups excluding carboxylic acids is 1. The van der Waals surface area contributed by atoms with Crippen LogP contribution in [0.1, 0.15) is 38.5 Å². The summed E-state index contributed by atoms with van der Waals surface area (Å²) in [4.78, 5) is 11.7. The van der Waals surface area contributed by atoms with Gasteiger partial charge in [0, 0.05) is 25.6 Å². The smallest absolute Gasteiger partial charge is 0.222 e. The van der Waals surface area contributed by atoms with Crippen molar-refractivity contribution in [1.29, 1.82) is 0 Å². The van der Waals surface area contributed by atoms with Crippen LogP contribution in [0.2, 0.25) is 0 Å². The number of hydrogen-bond acceptors (Lipinski definition) is 4. The zero-order valence-corrected chi connectivity index (χ0v) is 11.3. The van der Waals surface area contributed by atoms with E-state index in [-0.39, 0.29) is 30.5 Å². The summed E-state index contributed by atoms with van der Waals surface area (Å²) in [5.74, 6) is -0.0503. The third-order valence-electron chi connectivity index (χ3n) is 3.92. The topological polar surface area (TPSA) is 84.6 Å². The van der Waals surface area contributed by atoms with E-state index in [1.807, 2.05) is 0 Å². The first kappa shape index (κ1) is 15.4. The quantitative estimate of drug-likeness (QED) is 0.617. The van der Waals surface area contributed by atoms with Crippen molar-refractivity contribution in [3.8, 4) is 0 Å². The fourth-order valence-electron chi connectivity index (χ4n) is 2.52. The van der Waals surface area contributed by atoms with Crippen molar-refractivity contribution in [1.82, 2.24) is 5.32 Å². The van der Waals surface area contributed by atoms with Gasteiger partial charge in [-0.25, -0.2) is 0 Å². The van der Waals surface area contributed by atoms with Crippen molar-refractivity contribution in [2.45, 2.75) is 44.6 Å². The molecule has 0 spiro atoms. The maximum absolute atomic E-state index is 11.7. The van der Waals surface area contributed by atoms with Gasteiger partial charge >= 0.3 is 0 Å². The fourth-order valence-corrected chi connectivity index (χ4v) is 2.52. The van der Waals surface area contributed by atoms with Crippen LogP contribution in [-0.2, 0) is 9.53 Å². The van der Waals surface area contributed by atoms with Crippen LogP contribution in [0.3, 0.4) is 0 Å². The second-order valence-corrected chi connectivity index (χ2v) is 5.29. The number of nitrogens with one attached hydrogen (secondary N) is 1. The Labute approximate surface area is 109 Å². The highest BCUT2D eigenvalue weighted by Gasteiger charge is 2.31. The molecular formula is C13H26N2O3. The Morgan fingerprint density at radius 3 is 2.61 bits per heavy atom. The number of nitrogens with two attached hydrogens (primary N) is 1. The lowest BCUT2D eigenvalue weighted by atomic mass is 9.74. The number of hydrogen-bond donors (Lipinski definition) is 3. The van der Waals surface area contributed by atoms with Gasteiger partial charge in [-0.15, -0.1) is 0 Å². The van der Waals surface area contributed by atoms with Crippen LogP contribution in [0.4, 0.5) is 0 Å². The number of rotatable bonds is 7. The molecule has 106 valence electrons. The molecule has 1 unspecified atom stereocenters. The molecule has 0 radical (unpaired) electrons. The summed E-state index contributed by atoms with van der Waals surface area (Å²) in [5, 5.41) is 12.4. The Morgan fingerprint density at radius 2 is 2.11 bits per heavy atom. The molecule has 1 aliphatic carbocycles. The van der Waals surface area contributed by atoms with E-state index in [4.69, 9.17) is 10.5 Å². The molecular weight excluding hydrogens is 232 g/mol. The van der Waals surface area contributed by atoms with E-state index in [1.165, 1.54) is 6.42 Å². The molecule has 0 aromatic rings. The van der Waals surface area contributed by atoms with E-state index in [1.54, 1.807) is 7.11 Å². The highest BCUT2D eigenvalue weighted by atomic mass is 16.5. The maximum Gasteiger partial charge on any atom is 0.222 e. The van der Waals surface area contributed by atoms with Crippen LogP contribution in [0.15, 0.2) is 0 Å². The minimum Gasteiger partial charge on any atom is -0.396 e. The molecule has 5 nitrogen and oxygen atoms in total. The Bertz CT molecular complexity index is 249. The molecule has 0 saturated heterocycles. The van der Waals surface area contributed by atoms with Crippen molar-refractivity contribution >= 4 is 5.91 Å². The van der Waals surface area contributed by atoms with E-state index in [9.17, 15) is 9.90 Å². The van der Waals surface area contributed by atoms with Crippen LogP contribution in [-0.4, -0.2) is 43.9 Å². The van der Waals surface area contributed by atoms with Gasteiger partial charge < -0.3 is 20.9 Å². The summed E-state index contributed by atoms with van der Waals surface area (Å²) in [6.45, 7) is 1.05. The predicted molar refractivity (Wildman–Crippen MR) is 70.1 cm³/mol. The van der Waals surface area contributed by atoms with Crippen molar-refractivity contribution < 1.29 is 14.6 Å². The average molecular weight is 258 g/mol. The molecule has 18 heavy (non-hydrogen) atoms. The lowest BCUT2D eigenvalue weighted by Crippen LogP contribution is -2.42. The molecule has 5 heteroatoms. The fraction of sp³-hybridized carbons (Fsp3) is 0.923. The summed E-state index contributed by atoms with van der Waals surface area (Å²) in [7, 11) is 1.56. The zero-order valence-electron chi connectivity index (χ0n) is 11.3. The maximum atomic E-state index is 11.7. The van der Waals surface area contributed by atoms with E-state index < -0.39 is 0 Å². The van der Waals surface area contributed by atoms with Crippen LogP contribution in [0.5, 0.6) is 0 Å². The molecule has 1 rings (SSSR count). The molecule has 4 N–H and O–H groups in total. The highest BCUT2D eigenvalue weighted by molar-refractivity contribution is 5.76. The molecule has 0 heterocycles. The van der Waals surface area contributed by atoms with Gasteiger partial charge in [-0.1, -0.05) is 19.3 Å². The molecule has 1 aliphatic rings. The van der Waals surface area contributed by atoms with Gasteiger partial charge in [-0.2, -0.15) is 0 Å². The normalized spacial score (nSPS) is 20.4. The van der Waals surface area contributed by atoms with Crippen LogP contribution in [0.25, 0.3) is 0 Å². The monoisotopic (exact) mass is 258 g/mol. The summed E-state index contributed by atoms with van der Waals surface area (Å²) in [5.41, 5.74) is 5.37. The van der Waals surface area contributed by atoms with E-state index in [0.717, 1.165) is 25.7 Å². The van der Waals surface area contributed by atoms with Crippen LogP contribution in [0, 0.1) is 5.41 Å². The Kier molecular flexibility index (Phi) is 6.60. The van der Waals surface area contributed by atoms with Gasteiger partial charge in [0.1, 0.15) is 0 Å². The third-order valence-corrected chi connectivity index (χ3v) is 3.92. The number of aliphatic hydroxyl groups is 1. The number of aliphatic hydroxyl groups excluding tert-OH is 1. The number of amides is 1. The summed E-state index contributed by atoms with van der Waals surface area (Å²) >= 11 is 0. The number of methoxy groups -OCH3 is 1. The lowest BCUT2D eigenvalue weighted by Gasteiger charge is -2.35. The van der Waals surface area contributed by atoms with E-state index in [0.29, 0.717) is 13.1 Å². The Balaban J connectivity index is 2.35. The lowest BCUT2D eigenvalue weighted by molar-refractivity contribution is -0.124. The van der Waals surface area contributed by atoms with Crippen molar-refractivity contribution in [2.24, 2.45) is 11.1 Å². The highest BCUT2D eigenvalue weighted by Crippen LogP contribution is 2.35. The van der Waals surface area contributed by atoms with Gasteiger partial charge in [0.05, 0.1) is 19.1 Å². The molecule has 0 aliphatic heterocycles. The first-order chi connectivity index (χ1) is 8.65. The minimum atomic E-state index is -0.221. The minimum absolute atomic E-state index is 0.0503. The standard InChI is InChI=1S/C13H26N2O3/c1-18-11(8-14)7-12(17)15-9-13(10-16)5-3-2-4-6-13/h11,16H,2-10,14H2,1H3,(H,15,17). The molecule has 0 aromatic heterocycles. The van der Waals surface area contributed by atoms with Crippen LogP contribution >= 0.6 is 0 Å². The van der Waals surface area contributed by atoms with Crippen molar-refractivity contribution in [2.75, 3.05) is 26.8 Å².